The van der Waals surface area contributed by atoms with Crippen molar-refractivity contribution in [2.75, 3.05) is 13.1 Å². The third kappa shape index (κ3) is 6.52. The van der Waals surface area contributed by atoms with Crippen LogP contribution in [0.3, 0.4) is 0 Å². The molecule has 2 aliphatic rings. The van der Waals surface area contributed by atoms with E-state index in [2.05, 4.69) is 25.7 Å². The van der Waals surface area contributed by atoms with Gasteiger partial charge in [-0.15, -0.1) is 0 Å². The molecule has 1 aliphatic carbocycles. The number of aliphatic hydroxyl groups is 1. The van der Waals surface area contributed by atoms with Crippen molar-refractivity contribution < 1.29 is 28.0 Å². The SMILES string of the molecule is Cc1cccc(C(C)(C)NC(=O)CC2(NC(=O)c3cc(-c4ccc(F)cc4F)on3)CN(C3CCC(C)(O)CC3)C2)n1. The number of carbonyl (C=O) groups is 2. The van der Waals surface area contributed by atoms with Crippen molar-refractivity contribution in [2.45, 2.75) is 82.5 Å². The van der Waals surface area contributed by atoms with Crippen molar-refractivity contribution in [1.29, 1.82) is 0 Å². The van der Waals surface area contributed by atoms with Gasteiger partial charge in [0.05, 0.1) is 34.4 Å². The number of hydrogen-bond acceptors (Lipinski definition) is 7. The molecule has 3 aromatic rings. The Hall–Kier alpha value is -3.70. The molecule has 0 atom stereocenters. The summed E-state index contributed by atoms with van der Waals surface area (Å²) in [6.45, 7) is 8.38. The molecule has 5 rings (SSSR count). The monoisotopic (exact) mass is 581 g/mol. The topological polar surface area (TPSA) is 121 Å². The lowest BCUT2D eigenvalue weighted by atomic mass is 9.78. The fourth-order valence-corrected chi connectivity index (χ4v) is 5.97. The zero-order valence-corrected chi connectivity index (χ0v) is 24.3. The summed E-state index contributed by atoms with van der Waals surface area (Å²) >= 11 is 0. The van der Waals surface area contributed by atoms with Crippen LogP contribution in [-0.2, 0) is 10.3 Å². The number of amides is 2. The van der Waals surface area contributed by atoms with Gasteiger partial charge in [0.2, 0.25) is 5.91 Å². The summed E-state index contributed by atoms with van der Waals surface area (Å²) in [6, 6.07) is 10.2. The van der Waals surface area contributed by atoms with Crippen LogP contribution in [0.15, 0.2) is 47.0 Å². The van der Waals surface area contributed by atoms with Crippen LogP contribution in [0.1, 0.15) is 74.8 Å². The molecule has 3 N–H and O–H groups in total. The van der Waals surface area contributed by atoms with Crippen molar-refractivity contribution in [2.24, 2.45) is 0 Å². The van der Waals surface area contributed by atoms with E-state index in [1.54, 1.807) is 0 Å². The number of likely N-dealkylation sites (tertiary alicyclic amines) is 1. The maximum absolute atomic E-state index is 14.3. The van der Waals surface area contributed by atoms with E-state index in [0.717, 1.165) is 36.4 Å². The Morgan fingerprint density at radius 3 is 2.52 bits per heavy atom. The van der Waals surface area contributed by atoms with Gasteiger partial charge in [-0.05, 0) is 77.6 Å². The van der Waals surface area contributed by atoms with Crippen molar-refractivity contribution in [1.82, 2.24) is 25.7 Å². The van der Waals surface area contributed by atoms with Gasteiger partial charge in [-0.3, -0.25) is 19.5 Å². The van der Waals surface area contributed by atoms with Gasteiger partial charge in [0, 0.05) is 37.0 Å². The van der Waals surface area contributed by atoms with Crippen molar-refractivity contribution >= 4 is 11.8 Å². The van der Waals surface area contributed by atoms with Crippen LogP contribution < -0.4 is 10.6 Å². The summed E-state index contributed by atoms with van der Waals surface area (Å²) in [6.07, 6.45) is 3.04. The van der Waals surface area contributed by atoms with E-state index in [0.29, 0.717) is 25.9 Å². The number of rotatable bonds is 8. The molecule has 2 amide bonds. The predicted molar refractivity (Wildman–Crippen MR) is 151 cm³/mol. The van der Waals surface area contributed by atoms with Gasteiger partial charge in [0.15, 0.2) is 11.5 Å². The van der Waals surface area contributed by atoms with E-state index in [1.807, 2.05) is 45.9 Å². The van der Waals surface area contributed by atoms with Gasteiger partial charge in [-0.25, -0.2) is 8.78 Å². The molecule has 0 unspecified atom stereocenters. The first kappa shape index (κ1) is 29.8. The number of carbonyl (C=O) groups excluding carboxylic acids is 2. The summed E-state index contributed by atoms with van der Waals surface area (Å²) in [4.78, 5) is 33.6. The third-order valence-corrected chi connectivity index (χ3v) is 8.36. The van der Waals surface area contributed by atoms with E-state index < -0.39 is 34.2 Å². The Bertz CT molecular complexity index is 1470. The van der Waals surface area contributed by atoms with Crippen LogP contribution >= 0.6 is 0 Å². The van der Waals surface area contributed by atoms with Crippen molar-refractivity contribution in [3.63, 3.8) is 0 Å². The van der Waals surface area contributed by atoms with Crippen LogP contribution in [0, 0.1) is 18.6 Å². The number of pyridine rings is 1. The predicted octanol–water partition coefficient (Wildman–Crippen LogP) is 4.24. The summed E-state index contributed by atoms with van der Waals surface area (Å²) in [7, 11) is 0. The summed E-state index contributed by atoms with van der Waals surface area (Å²) in [5.74, 6) is -2.39. The highest BCUT2D eigenvalue weighted by Gasteiger charge is 2.49. The fraction of sp³-hybridized carbons (Fsp3) is 0.484. The summed E-state index contributed by atoms with van der Waals surface area (Å²) in [5.41, 5.74) is -0.827. The molecule has 9 nitrogen and oxygen atoms in total. The Kier molecular flexibility index (Phi) is 7.93. The minimum atomic E-state index is -0.877. The lowest BCUT2D eigenvalue weighted by Crippen LogP contribution is -2.73. The van der Waals surface area contributed by atoms with Gasteiger partial charge in [0.1, 0.15) is 11.6 Å². The molecule has 0 bridgehead atoms. The van der Waals surface area contributed by atoms with Crippen LogP contribution in [-0.4, -0.2) is 62.2 Å². The highest BCUT2D eigenvalue weighted by atomic mass is 19.1. The molecule has 0 spiro atoms. The van der Waals surface area contributed by atoms with E-state index in [-0.39, 0.29) is 35.4 Å². The lowest BCUT2D eigenvalue weighted by Gasteiger charge is -2.54. The molecule has 2 fully saturated rings. The van der Waals surface area contributed by atoms with Gasteiger partial charge < -0.3 is 20.3 Å². The molecule has 1 saturated carbocycles. The van der Waals surface area contributed by atoms with Crippen LogP contribution in [0.5, 0.6) is 0 Å². The van der Waals surface area contributed by atoms with Gasteiger partial charge in [-0.1, -0.05) is 11.2 Å². The second kappa shape index (κ2) is 11.2. The number of aryl methyl sites for hydroxylation is 1. The molecular weight excluding hydrogens is 544 g/mol. The zero-order chi connectivity index (χ0) is 30.3. The van der Waals surface area contributed by atoms with Crippen molar-refractivity contribution in [3.05, 3.63) is 71.2 Å². The molecule has 0 radical (unpaired) electrons. The van der Waals surface area contributed by atoms with Gasteiger partial charge in [-0.2, -0.15) is 0 Å². The zero-order valence-electron chi connectivity index (χ0n) is 24.3. The van der Waals surface area contributed by atoms with Gasteiger partial charge >= 0.3 is 0 Å². The average Bonchev–Trinajstić information content (AvgIpc) is 3.37. The molecule has 2 aromatic heterocycles. The smallest absolute Gasteiger partial charge is 0.274 e. The third-order valence-electron chi connectivity index (χ3n) is 8.36. The van der Waals surface area contributed by atoms with Gasteiger partial charge in [0.25, 0.3) is 5.91 Å². The molecule has 3 heterocycles. The first-order valence-electron chi connectivity index (χ1n) is 14.2. The molecule has 11 heteroatoms. The molecule has 1 aliphatic heterocycles. The molecule has 224 valence electrons. The molecule has 42 heavy (non-hydrogen) atoms. The first-order valence-corrected chi connectivity index (χ1v) is 14.2. The van der Waals surface area contributed by atoms with Crippen molar-refractivity contribution in [3.8, 4) is 11.3 Å². The Morgan fingerprint density at radius 1 is 1.14 bits per heavy atom. The van der Waals surface area contributed by atoms with Crippen LogP contribution in [0.4, 0.5) is 8.78 Å². The summed E-state index contributed by atoms with van der Waals surface area (Å²) in [5, 5.41) is 20.3. The van der Waals surface area contributed by atoms with E-state index in [4.69, 9.17) is 4.52 Å². The van der Waals surface area contributed by atoms with E-state index in [9.17, 15) is 23.5 Å². The number of benzene rings is 1. The van der Waals surface area contributed by atoms with Crippen LogP contribution in [0.25, 0.3) is 11.3 Å². The normalized spacial score (nSPS) is 22.3. The van der Waals surface area contributed by atoms with E-state index >= 15 is 0 Å². The Morgan fingerprint density at radius 2 is 1.86 bits per heavy atom. The molecule has 1 saturated heterocycles. The van der Waals surface area contributed by atoms with E-state index in [1.165, 1.54) is 12.1 Å². The number of aromatic nitrogens is 2. The average molecular weight is 582 g/mol. The fourth-order valence-electron chi connectivity index (χ4n) is 5.97. The number of nitrogens with zero attached hydrogens (tertiary/aromatic N) is 3. The minimum Gasteiger partial charge on any atom is -0.390 e. The lowest BCUT2D eigenvalue weighted by molar-refractivity contribution is -0.127. The summed E-state index contributed by atoms with van der Waals surface area (Å²) < 4.78 is 32.8. The number of nitrogens with one attached hydrogen (secondary N) is 2. The highest BCUT2D eigenvalue weighted by Crippen LogP contribution is 2.36. The second-order valence-corrected chi connectivity index (χ2v) is 12.6. The first-order chi connectivity index (χ1) is 19.7. The quantitative estimate of drug-likeness (QED) is 0.364. The number of hydrogen-bond donors (Lipinski definition) is 3. The highest BCUT2D eigenvalue weighted by molar-refractivity contribution is 5.94. The molecule has 1 aromatic carbocycles. The Balaban J connectivity index is 1.31. The Labute approximate surface area is 243 Å². The maximum Gasteiger partial charge on any atom is 0.274 e. The second-order valence-electron chi connectivity index (χ2n) is 12.6. The largest absolute Gasteiger partial charge is 0.390 e. The number of halogens is 2. The van der Waals surface area contributed by atoms with Crippen LogP contribution in [0.2, 0.25) is 0 Å². The molecular formula is C31H37F2N5O4. The minimum absolute atomic E-state index is 0.0126. The standard InChI is InChI=1S/C31H37F2N5O4/c1-19-6-5-7-26(34-19)29(2,3)35-27(39)16-31(17-38(18-31)21-10-12-30(4,41)13-11-21)36-28(40)24-15-25(42-37-24)22-9-8-20(32)14-23(22)33/h5-9,14-15,21,41H,10-13,16-18H2,1-4H3,(H,35,39)(H,36,40). The maximum atomic E-state index is 14.3.